The van der Waals surface area contributed by atoms with Crippen molar-refractivity contribution >= 4 is 5.97 Å². The van der Waals surface area contributed by atoms with Crippen molar-refractivity contribution in [2.45, 2.75) is 31.6 Å². The fourth-order valence-corrected chi connectivity index (χ4v) is 3.22. The fraction of sp³-hybridized carbons (Fsp3) is 0.562. The molecule has 1 aromatic rings. The van der Waals surface area contributed by atoms with Crippen molar-refractivity contribution < 1.29 is 24.1 Å². The Morgan fingerprint density at radius 1 is 1.05 bits per heavy atom. The van der Waals surface area contributed by atoms with Gasteiger partial charge in [-0.25, -0.2) is 0 Å². The summed E-state index contributed by atoms with van der Waals surface area (Å²) in [6, 6.07) is 3.70. The van der Waals surface area contributed by atoms with Gasteiger partial charge in [0.25, 0.3) is 0 Å². The molecule has 1 N–H and O–H groups in total. The SMILES string of the molecule is COc1ccc([C@@H]2CCCC[C@H]2C(=O)O)c(OC)c1OC. The number of ether oxygens (including phenoxy) is 3. The van der Waals surface area contributed by atoms with Crippen LogP contribution in [-0.4, -0.2) is 32.4 Å². The Balaban J connectivity index is 2.49. The van der Waals surface area contributed by atoms with E-state index in [1.54, 1.807) is 21.3 Å². The molecule has 2 atom stereocenters. The van der Waals surface area contributed by atoms with Gasteiger partial charge >= 0.3 is 5.97 Å². The molecule has 0 aromatic heterocycles. The predicted molar refractivity (Wildman–Crippen MR) is 78.4 cm³/mol. The Hall–Kier alpha value is -1.91. The second kappa shape index (κ2) is 6.70. The zero-order chi connectivity index (χ0) is 15.4. The van der Waals surface area contributed by atoms with Gasteiger partial charge in [-0.3, -0.25) is 4.79 Å². The van der Waals surface area contributed by atoms with E-state index in [9.17, 15) is 9.90 Å². The molecule has 0 aliphatic heterocycles. The molecule has 1 aliphatic rings. The largest absolute Gasteiger partial charge is 0.493 e. The summed E-state index contributed by atoms with van der Waals surface area (Å²) in [5.74, 6) is 0.524. The smallest absolute Gasteiger partial charge is 0.307 e. The number of methoxy groups -OCH3 is 3. The van der Waals surface area contributed by atoms with E-state index in [4.69, 9.17) is 14.2 Å². The molecule has 1 aromatic carbocycles. The third-order valence-electron chi connectivity index (χ3n) is 4.22. The number of aliphatic carboxylic acids is 1. The summed E-state index contributed by atoms with van der Waals surface area (Å²) in [6.45, 7) is 0. The van der Waals surface area contributed by atoms with Gasteiger partial charge in [0.15, 0.2) is 11.5 Å². The van der Waals surface area contributed by atoms with Gasteiger partial charge in [-0.1, -0.05) is 18.9 Å². The van der Waals surface area contributed by atoms with Crippen LogP contribution in [0.5, 0.6) is 17.2 Å². The third kappa shape index (κ3) is 2.91. The van der Waals surface area contributed by atoms with E-state index in [-0.39, 0.29) is 11.8 Å². The van der Waals surface area contributed by atoms with Crippen molar-refractivity contribution in [1.82, 2.24) is 0 Å². The van der Waals surface area contributed by atoms with Crippen molar-refractivity contribution in [2.75, 3.05) is 21.3 Å². The van der Waals surface area contributed by atoms with E-state index < -0.39 is 5.97 Å². The molecule has 2 rings (SSSR count). The Bertz CT molecular complexity index is 512. The average molecular weight is 294 g/mol. The number of hydrogen-bond donors (Lipinski definition) is 1. The lowest BCUT2D eigenvalue weighted by Gasteiger charge is -2.30. The Morgan fingerprint density at radius 2 is 1.71 bits per heavy atom. The van der Waals surface area contributed by atoms with Crippen LogP contribution in [0.3, 0.4) is 0 Å². The maximum absolute atomic E-state index is 11.5. The summed E-state index contributed by atoms with van der Waals surface area (Å²) in [7, 11) is 4.69. The first-order valence-electron chi connectivity index (χ1n) is 7.15. The summed E-state index contributed by atoms with van der Waals surface area (Å²) in [5.41, 5.74) is 0.891. The summed E-state index contributed by atoms with van der Waals surface area (Å²) in [4.78, 5) is 11.5. The first-order valence-corrected chi connectivity index (χ1v) is 7.15. The number of carboxylic acid groups (broad SMARTS) is 1. The third-order valence-corrected chi connectivity index (χ3v) is 4.22. The number of benzene rings is 1. The van der Waals surface area contributed by atoms with E-state index in [2.05, 4.69) is 0 Å². The van der Waals surface area contributed by atoms with Crippen molar-refractivity contribution in [3.05, 3.63) is 17.7 Å². The molecule has 0 spiro atoms. The van der Waals surface area contributed by atoms with Gasteiger partial charge in [-0.05, 0) is 18.9 Å². The highest BCUT2D eigenvalue weighted by Crippen LogP contribution is 2.47. The zero-order valence-corrected chi connectivity index (χ0v) is 12.7. The van der Waals surface area contributed by atoms with E-state index >= 15 is 0 Å². The second-order valence-corrected chi connectivity index (χ2v) is 5.26. The Kier molecular flexibility index (Phi) is 4.94. The normalized spacial score (nSPS) is 21.7. The minimum Gasteiger partial charge on any atom is -0.493 e. The molecule has 0 unspecified atom stereocenters. The lowest BCUT2D eigenvalue weighted by molar-refractivity contribution is -0.143. The fourth-order valence-electron chi connectivity index (χ4n) is 3.22. The van der Waals surface area contributed by atoms with Crippen LogP contribution in [0.2, 0.25) is 0 Å². The average Bonchev–Trinajstić information content (AvgIpc) is 2.53. The summed E-state index contributed by atoms with van der Waals surface area (Å²) < 4.78 is 16.2. The van der Waals surface area contributed by atoms with E-state index in [0.29, 0.717) is 23.7 Å². The second-order valence-electron chi connectivity index (χ2n) is 5.26. The van der Waals surface area contributed by atoms with E-state index in [1.165, 1.54) is 0 Å². The zero-order valence-electron chi connectivity index (χ0n) is 12.7. The Labute approximate surface area is 124 Å². The van der Waals surface area contributed by atoms with Crippen LogP contribution in [0, 0.1) is 5.92 Å². The van der Waals surface area contributed by atoms with Crippen LogP contribution in [0.4, 0.5) is 0 Å². The topological polar surface area (TPSA) is 65.0 Å². The highest BCUT2D eigenvalue weighted by Gasteiger charge is 2.34. The highest BCUT2D eigenvalue weighted by atomic mass is 16.5. The quantitative estimate of drug-likeness (QED) is 0.904. The van der Waals surface area contributed by atoms with Crippen molar-refractivity contribution in [2.24, 2.45) is 5.92 Å². The molecular formula is C16H22O5. The first kappa shape index (κ1) is 15.5. The van der Waals surface area contributed by atoms with Crippen molar-refractivity contribution in [3.63, 3.8) is 0 Å². The van der Waals surface area contributed by atoms with Crippen molar-refractivity contribution in [3.8, 4) is 17.2 Å². The van der Waals surface area contributed by atoms with Gasteiger partial charge in [0.2, 0.25) is 5.75 Å². The van der Waals surface area contributed by atoms with Gasteiger partial charge in [0, 0.05) is 11.5 Å². The molecule has 1 fully saturated rings. The Morgan fingerprint density at radius 3 is 2.29 bits per heavy atom. The molecule has 0 saturated heterocycles. The standard InChI is InChI=1S/C16H22O5/c1-19-13-9-8-11(14(20-2)15(13)21-3)10-6-4-5-7-12(10)16(17)18/h8-10,12H,4-7H2,1-3H3,(H,17,18)/t10-,12+/m0/s1. The van der Waals surface area contributed by atoms with Crippen LogP contribution in [0.1, 0.15) is 37.2 Å². The number of hydrogen-bond acceptors (Lipinski definition) is 4. The molecule has 0 amide bonds. The maximum atomic E-state index is 11.5. The summed E-state index contributed by atoms with van der Waals surface area (Å²) in [6.07, 6.45) is 3.55. The lowest BCUT2D eigenvalue weighted by atomic mass is 9.75. The summed E-state index contributed by atoms with van der Waals surface area (Å²) >= 11 is 0. The molecule has 0 bridgehead atoms. The minimum absolute atomic E-state index is 0.0500. The van der Waals surface area contributed by atoms with Gasteiger partial charge in [-0.15, -0.1) is 0 Å². The number of carboxylic acids is 1. The summed E-state index contributed by atoms with van der Waals surface area (Å²) in [5, 5.41) is 9.46. The minimum atomic E-state index is -0.739. The van der Waals surface area contributed by atoms with Crippen molar-refractivity contribution in [1.29, 1.82) is 0 Å². The molecule has 0 heterocycles. The number of rotatable bonds is 5. The highest BCUT2D eigenvalue weighted by molar-refractivity contribution is 5.72. The number of carbonyl (C=O) groups is 1. The monoisotopic (exact) mass is 294 g/mol. The van der Waals surface area contributed by atoms with Gasteiger partial charge < -0.3 is 19.3 Å². The molecule has 21 heavy (non-hydrogen) atoms. The lowest BCUT2D eigenvalue weighted by Crippen LogP contribution is -2.25. The predicted octanol–water partition coefficient (Wildman–Crippen LogP) is 3.07. The van der Waals surface area contributed by atoms with E-state index in [1.807, 2.05) is 12.1 Å². The molecule has 1 aliphatic carbocycles. The first-order chi connectivity index (χ1) is 10.1. The van der Waals surface area contributed by atoms with Crippen LogP contribution in [0.25, 0.3) is 0 Å². The molecule has 1 saturated carbocycles. The van der Waals surface area contributed by atoms with Crippen LogP contribution in [-0.2, 0) is 4.79 Å². The molecular weight excluding hydrogens is 272 g/mol. The van der Waals surface area contributed by atoms with Crippen LogP contribution in [0.15, 0.2) is 12.1 Å². The van der Waals surface area contributed by atoms with Gasteiger partial charge in [-0.2, -0.15) is 0 Å². The molecule has 5 nitrogen and oxygen atoms in total. The molecule has 0 radical (unpaired) electrons. The van der Waals surface area contributed by atoms with E-state index in [0.717, 1.165) is 24.8 Å². The van der Waals surface area contributed by atoms with Gasteiger partial charge in [0.05, 0.1) is 27.2 Å². The maximum Gasteiger partial charge on any atom is 0.307 e. The van der Waals surface area contributed by atoms with Crippen LogP contribution >= 0.6 is 0 Å². The van der Waals surface area contributed by atoms with Gasteiger partial charge in [0.1, 0.15) is 0 Å². The molecule has 116 valence electrons. The van der Waals surface area contributed by atoms with Crippen LogP contribution < -0.4 is 14.2 Å². The molecule has 5 heteroatoms.